The molecule has 0 radical (unpaired) electrons. The number of carbonyl (C=O) groups excluding carboxylic acids is 1. The van der Waals surface area contributed by atoms with E-state index in [9.17, 15) is 14.9 Å². The molecule has 0 aliphatic heterocycles. The van der Waals surface area contributed by atoms with Gasteiger partial charge < -0.3 is 4.57 Å². The molecule has 0 unspecified atom stereocenters. The zero-order chi connectivity index (χ0) is 19.5. The Balaban J connectivity index is 1.62. The first kappa shape index (κ1) is 17.4. The fourth-order valence-electron chi connectivity index (χ4n) is 3.12. The molecule has 1 aromatic heterocycles. The number of nitro benzene ring substituents is 1. The second-order valence-corrected chi connectivity index (χ2v) is 6.34. The van der Waals surface area contributed by atoms with Crippen LogP contribution in [-0.4, -0.2) is 15.3 Å². The zero-order valence-corrected chi connectivity index (χ0v) is 14.9. The molecule has 3 aromatic carbocycles. The molecule has 4 rings (SSSR count). The molecule has 4 aromatic rings. The fourth-order valence-corrected chi connectivity index (χ4v) is 3.12. The number of hydrogen-bond acceptors (Lipinski definition) is 3. The molecule has 136 valence electrons. The number of rotatable bonds is 5. The van der Waals surface area contributed by atoms with Crippen LogP contribution >= 0.6 is 0 Å². The highest BCUT2D eigenvalue weighted by atomic mass is 16.6. The lowest BCUT2D eigenvalue weighted by Gasteiger charge is -2.06. The third-order valence-electron chi connectivity index (χ3n) is 4.54. The summed E-state index contributed by atoms with van der Waals surface area (Å²) in [5.41, 5.74) is 2.06. The average Bonchev–Trinajstić information content (AvgIpc) is 3.20. The van der Waals surface area contributed by atoms with Crippen molar-refractivity contribution < 1.29 is 9.72 Å². The van der Waals surface area contributed by atoms with E-state index in [1.807, 2.05) is 54.6 Å². The largest absolute Gasteiger partial charge is 0.317 e. The van der Waals surface area contributed by atoms with Gasteiger partial charge in [-0.3, -0.25) is 14.9 Å². The van der Waals surface area contributed by atoms with Crippen LogP contribution in [0.15, 0.2) is 91.1 Å². The van der Waals surface area contributed by atoms with Crippen LogP contribution < -0.4 is 0 Å². The number of allylic oxidation sites excluding steroid dienone is 1. The predicted octanol–water partition coefficient (Wildman–Crippen LogP) is 5.43. The average molecular weight is 368 g/mol. The highest BCUT2D eigenvalue weighted by Gasteiger charge is 2.09. The Morgan fingerprint density at radius 1 is 0.893 bits per heavy atom. The van der Waals surface area contributed by atoms with Gasteiger partial charge in [-0.1, -0.05) is 42.5 Å². The van der Waals surface area contributed by atoms with Crippen molar-refractivity contribution in [3.8, 4) is 5.69 Å². The van der Waals surface area contributed by atoms with Crippen molar-refractivity contribution in [3.63, 3.8) is 0 Å². The van der Waals surface area contributed by atoms with Gasteiger partial charge in [0.2, 0.25) is 0 Å². The molecule has 0 N–H and O–H groups in total. The van der Waals surface area contributed by atoms with E-state index in [0.717, 1.165) is 16.5 Å². The van der Waals surface area contributed by atoms with Crippen LogP contribution in [0.25, 0.3) is 22.5 Å². The van der Waals surface area contributed by atoms with Crippen LogP contribution in [0, 0.1) is 10.1 Å². The van der Waals surface area contributed by atoms with Gasteiger partial charge >= 0.3 is 0 Å². The van der Waals surface area contributed by atoms with E-state index < -0.39 is 4.92 Å². The number of hydrogen-bond donors (Lipinski definition) is 0. The molecular weight excluding hydrogens is 352 g/mol. The Kier molecular flexibility index (Phi) is 4.56. The van der Waals surface area contributed by atoms with Gasteiger partial charge in [0.1, 0.15) is 0 Å². The van der Waals surface area contributed by atoms with E-state index >= 15 is 0 Å². The van der Waals surface area contributed by atoms with Gasteiger partial charge in [0, 0.05) is 29.6 Å². The highest BCUT2D eigenvalue weighted by Crippen LogP contribution is 2.20. The van der Waals surface area contributed by atoms with Crippen molar-refractivity contribution in [2.24, 2.45) is 0 Å². The zero-order valence-electron chi connectivity index (χ0n) is 14.9. The van der Waals surface area contributed by atoms with Gasteiger partial charge in [0.25, 0.3) is 5.69 Å². The lowest BCUT2D eigenvalue weighted by molar-refractivity contribution is -0.384. The van der Waals surface area contributed by atoms with E-state index in [2.05, 4.69) is 0 Å². The van der Waals surface area contributed by atoms with Gasteiger partial charge in [0.05, 0.1) is 10.6 Å². The highest BCUT2D eigenvalue weighted by molar-refractivity contribution is 6.08. The van der Waals surface area contributed by atoms with Gasteiger partial charge in [0.15, 0.2) is 5.78 Å². The summed E-state index contributed by atoms with van der Waals surface area (Å²) in [7, 11) is 0. The van der Waals surface area contributed by atoms with Crippen molar-refractivity contribution in [1.29, 1.82) is 0 Å². The molecular formula is C23H16N2O3. The van der Waals surface area contributed by atoms with Gasteiger partial charge in [-0.05, 0) is 47.2 Å². The minimum atomic E-state index is -0.425. The van der Waals surface area contributed by atoms with Crippen LogP contribution in [0.3, 0.4) is 0 Å². The Labute approximate surface area is 161 Å². The third-order valence-corrected chi connectivity index (χ3v) is 4.54. The Morgan fingerprint density at radius 2 is 1.71 bits per heavy atom. The standard InChI is InChI=1S/C23H16N2O3/c26-23(19-11-10-17-5-1-2-6-18(17)15-19)13-12-20-9-4-14-24(20)21-7-3-8-22(16-21)25(27)28/h1-16H/b13-12+. The van der Waals surface area contributed by atoms with Gasteiger partial charge in [-0.2, -0.15) is 0 Å². The SMILES string of the molecule is O=C(/C=C/c1cccn1-c1cccc([N+](=O)[O-])c1)c1ccc2ccccc2c1. The number of fused-ring (bicyclic) bond motifs is 1. The summed E-state index contributed by atoms with van der Waals surface area (Å²) in [4.78, 5) is 23.2. The van der Waals surface area contributed by atoms with Crippen molar-refractivity contribution in [2.75, 3.05) is 0 Å². The molecule has 0 saturated heterocycles. The Hall–Kier alpha value is -3.99. The van der Waals surface area contributed by atoms with Crippen molar-refractivity contribution in [2.45, 2.75) is 0 Å². The Bertz CT molecular complexity index is 1220. The molecule has 0 amide bonds. The van der Waals surface area contributed by atoms with Gasteiger partial charge in [-0.15, -0.1) is 0 Å². The minimum Gasteiger partial charge on any atom is -0.317 e. The second kappa shape index (κ2) is 7.32. The number of non-ortho nitro benzene ring substituents is 1. The van der Waals surface area contributed by atoms with E-state index in [0.29, 0.717) is 11.3 Å². The fraction of sp³-hybridized carbons (Fsp3) is 0. The predicted molar refractivity (Wildman–Crippen MR) is 110 cm³/mol. The number of nitrogens with zero attached hydrogens (tertiary/aromatic N) is 2. The lowest BCUT2D eigenvalue weighted by Crippen LogP contribution is -1.98. The summed E-state index contributed by atoms with van der Waals surface area (Å²) in [5.74, 6) is -0.0995. The van der Waals surface area contributed by atoms with Crippen molar-refractivity contribution in [1.82, 2.24) is 4.57 Å². The maximum absolute atomic E-state index is 12.6. The molecule has 0 fully saturated rings. The van der Waals surface area contributed by atoms with Gasteiger partial charge in [-0.25, -0.2) is 0 Å². The number of carbonyl (C=O) groups is 1. The van der Waals surface area contributed by atoms with Crippen LogP contribution in [0.1, 0.15) is 16.1 Å². The van der Waals surface area contributed by atoms with E-state index in [-0.39, 0.29) is 11.5 Å². The first-order chi connectivity index (χ1) is 13.6. The molecule has 0 aliphatic rings. The van der Waals surface area contributed by atoms with E-state index in [4.69, 9.17) is 0 Å². The molecule has 0 spiro atoms. The van der Waals surface area contributed by atoms with E-state index in [1.54, 1.807) is 29.0 Å². The molecule has 1 heterocycles. The molecule has 0 aliphatic carbocycles. The Morgan fingerprint density at radius 3 is 2.54 bits per heavy atom. The molecule has 0 bridgehead atoms. The van der Waals surface area contributed by atoms with E-state index in [1.165, 1.54) is 18.2 Å². The summed E-state index contributed by atoms with van der Waals surface area (Å²) >= 11 is 0. The van der Waals surface area contributed by atoms with Crippen LogP contribution in [0.4, 0.5) is 5.69 Å². The maximum Gasteiger partial charge on any atom is 0.271 e. The maximum atomic E-state index is 12.6. The smallest absolute Gasteiger partial charge is 0.271 e. The summed E-state index contributed by atoms with van der Waals surface area (Å²) in [5, 5.41) is 13.1. The number of benzene rings is 3. The van der Waals surface area contributed by atoms with Crippen molar-refractivity contribution in [3.05, 3.63) is 113 Å². The summed E-state index contributed by atoms with van der Waals surface area (Å²) < 4.78 is 1.80. The molecule has 0 saturated carbocycles. The topological polar surface area (TPSA) is 65.1 Å². The molecule has 28 heavy (non-hydrogen) atoms. The minimum absolute atomic E-state index is 0.0216. The summed E-state index contributed by atoms with van der Waals surface area (Å²) in [6.07, 6.45) is 5.04. The molecule has 0 atom stereocenters. The number of aromatic nitrogens is 1. The second-order valence-electron chi connectivity index (χ2n) is 6.34. The monoisotopic (exact) mass is 368 g/mol. The summed E-state index contributed by atoms with van der Waals surface area (Å²) in [6, 6.07) is 23.6. The number of nitro groups is 1. The third kappa shape index (κ3) is 3.46. The molecule has 5 nitrogen and oxygen atoms in total. The van der Waals surface area contributed by atoms with Crippen LogP contribution in [0.5, 0.6) is 0 Å². The normalized spacial score (nSPS) is 11.1. The van der Waals surface area contributed by atoms with Crippen LogP contribution in [0.2, 0.25) is 0 Å². The quantitative estimate of drug-likeness (QED) is 0.204. The first-order valence-electron chi connectivity index (χ1n) is 8.75. The molecule has 5 heteroatoms. The van der Waals surface area contributed by atoms with Crippen molar-refractivity contribution >= 4 is 28.3 Å². The first-order valence-corrected chi connectivity index (χ1v) is 8.75. The lowest BCUT2D eigenvalue weighted by atomic mass is 10.0. The summed E-state index contributed by atoms with van der Waals surface area (Å²) in [6.45, 7) is 0. The number of ketones is 1. The van der Waals surface area contributed by atoms with Crippen LogP contribution in [-0.2, 0) is 0 Å².